The van der Waals surface area contributed by atoms with Crippen molar-refractivity contribution in [3.05, 3.63) is 54.1 Å². The Kier molecular flexibility index (Phi) is 4.81. The van der Waals surface area contributed by atoms with Gasteiger partial charge in [0.25, 0.3) is 0 Å². The van der Waals surface area contributed by atoms with Gasteiger partial charge in [-0.1, -0.05) is 29.8 Å². The Hall–Kier alpha value is -1.29. The Bertz CT molecular complexity index is 720. The summed E-state index contributed by atoms with van der Waals surface area (Å²) in [6.45, 7) is 6.38. The summed E-state index contributed by atoms with van der Waals surface area (Å²) in [5, 5.41) is 2.33. The maximum Gasteiger partial charge on any atom is 0.153 e. The summed E-state index contributed by atoms with van der Waals surface area (Å²) >= 11 is -0.982. The molecule has 0 bridgehead atoms. The van der Waals surface area contributed by atoms with Gasteiger partial charge in [0.05, 0.1) is 11.7 Å². The van der Waals surface area contributed by atoms with Gasteiger partial charge in [0.1, 0.15) is 5.75 Å². The molecule has 2 unspecified atom stereocenters. The van der Waals surface area contributed by atoms with Crippen molar-refractivity contribution in [2.45, 2.75) is 50.2 Å². The number of fused-ring (bicyclic) bond motifs is 1. The van der Waals surface area contributed by atoms with Crippen molar-refractivity contribution in [3.63, 3.8) is 0 Å². The molecule has 3 rings (SSSR count). The number of hydrogen-bond acceptors (Lipinski definition) is 2. The second-order valence-electron chi connectivity index (χ2n) is 6.82. The molecule has 2 atom stereocenters. The van der Waals surface area contributed by atoms with E-state index in [0.29, 0.717) is 11.9 Å². The number of epoxide rings is 1. The van der Waals surface area contributed by atoms with Crippen molar-refractivity contribution < 1.29 is 9.29 Å². The molecule has 0 aromatic heterocycles. The molecule has 1 saturated heterocycles. The molecule has 1 aliphatic rings. The van der Waals surface area contributed by atoms with Crippen LogP contribution < -0.4 is 0 Å². The number of ether oxygens (including phenoxy) is 1. The van der Waals surface area contributed by atoms with E-state index in [1.54, 1.807) is 0 Å². The molecule has 1 fully saturated rings. The Morgan fingerprint density at radius 2 is 1.91 bits per heavy atom. The summed E-state index contributed by atoms with van der Waals surface area (Å²) in [5.74, 6) is 0.582. The first kappa shape index (κ1) is 16.6. The van der Waals surface area contributed by atoms with E-state index in [9.17, 15) is 4.55 Å². The third-order valence-electron chi connectivity index (χ3n) is 4.53. The Labute approximate surface area is 141 Å². The van der Waals surface area contributed by atoms with Gasteiger partial charge >= 0.3 is 0 Å². The molecule has 2 aromatic rings. The van der Waals surface area contributed by atoms with Crippen LogP contribution in [0.4, 0.5) is 0 Å². The molecule has 1 heterocycles. The van der Waals surface area contributed by atoms with Crippen molar-refractivity contribution in [2.24, 2.45) is 0 Å². The molecule has 23 heavy (non-hydrogen) atoms. The van der Waals surface area contributed by atoms with Crippen LogP contribution in [0.5, 0.6) is 0 Å². The smallest absolute Gasteiger partial charge is 0.153 e. The van der Waals surface area contributed by atoms with Crippen molar-refractivity contribution in [1.82, 2.24) is 0 Å². The van der Waals surface area contributed by atoms with E-state index in [0.717, 1.165) is 23.1 Å². The molecular formula is C20H24O2S. The maximum absolute atomic E-state index is 12.5. The number of benzene rings is 2. The topological polar surface area (TPSA) is 35.6 Å². The fraction of sp³-hybridized carbons (Fsp3) is 0.400. The van der Waals surface area contributed by atoms with Crippen LogP contribution >= 0.6 is 0 Å². The molecule has 122 valence electrons. The highest BCUT2D eigenvalue weighted by molar-refractivity contribution is 7.91. The largest absolute Gasteiger partial charge is 0.611 e. The fourth-order valence-corrected chi connectivity index (χ4v) is 3.93. The standard InChI is InChI=1S/C20H24O2S/c1-15(8-11-19-20(2,3)22-19)12-13-23(21)18-10-9-16-6-4-5-7-17(16)14-18/h4-7,9-10,12,14,19H,8,11,13H2,1-3H3/b15-12+. The monoisotopic (exact) mass is 328 g/mol. The van der Waals surface area contributed by atoms with E-state index in [2.05, 4.69) is 39.0 Å². The predicted octanol–water partition coefficient (Wildman–Crippen LogP) is 4.85. The minimum absolute atomic E-state index is 0.0637. The zero-order valence-corrected chi connectivity index (χ0v) is 14.9. The highest BCUT2D eigenvalue weighted by atomic mass is 32.2. The van der Waals surface area contributed by atoms with Gasteiger partial charge in [-0.2, -0.15) is 0 Å². The Morgan fingerprint density at radius 1 is 1.22 bits per heavy atom. The lowest BCUT2D eigenvalue weighted by Crippen LogP contribution is -2.06. The first-order chi connectivity index (χ1) is 11.0. The van der Waals surface area contributed by atoms with Crippen molar-refractivity contribution in [3.8, 4) is 0 Å². The third kappa shape index (κ3) is 4.17. The number of hydrogen-bond donors (Lipinski definition) is 0. The molecule has 1 aliphatic heterocycles. The normalized spacial score (nSPS) is 21.4. The van der Waals surface area contributed by atoms with E-state index in [1.807, 2.05) is 30.3 Å². The quantitative estimate of drug-likeness (QED) is 0.431. The predicted molar refractivity (Wildman–Crippen MR) is 97.2 cm³/mol. The highest BCUT2D eigenvalue weighted by Gasteiger charge is 2.46. The SMILES string of the molecule is C/C(=C\C[S+]([O-])c1ccc2ccccc2c1)CCC1OC1(C)C. The summed E-state index contributed by atoms with van der Waals surface area (Å²) in [5.41, 5.74) is 1.36. The second-order valence-corrected chi connectivity index (χ2v) is 8.32. The Balaban J connectivity index is 1.56. The molecule has 0 saturated carbocycles. The molecule has 3 heteroatoms. The van der Waals surface area contributed by atoms with Gasteiger partial charge in [0, 0.05) is 6.07 Å². The molecule has 2 aromatic carbocycles. The van der Waals surface area contributed by atoms with Gasteiger partial charge in [0.2, 0.25) is 0 Å². The van der Waals surface area contributed by atoms with Crippen molar-refractivity contribution in [2.75, 3.05) is 5.75 Å². The number of rotatable bonds is 6. The van der Waals surface area contributed by atoms with Crippen LogP contribution in [0.1, 0.15) is 33.6 Å². The van der Waals surface area contributed by atoms with E-state index < -0.39 is 11.2 Å². The van der Waals surface area contributed by atoms with Crippen molar-refractivity contribution >= 4 is 21.9 Å². The van der Waals surface area contributed by atoms with Crippen LogP contribution in [0, 0.1) is 0 Å². The zero-order valence-electron chi connectivity index (χ0n) is 14.0. The van der Waals surface area contributed by atoms with Gasteiger partial charge in [0.15, 0.2) is 4.90 Å². The number of allylic oxidation sites excluding steroid dienone is 1. The van der Waals surface area contributed by atoms with Crippen molar-refractivity contribution in [1.29, 1.82) is 0 Å². The van der Waals surface area contributed by atoms with Crippen LogP contribution in [0.3, 0.4) is 0 Å². The van der Waals surface area contributed by atoms with Gasteiger partial charge in [-0.05, 0) is 73.8 Å². The third-order valence-corrected chi connectivity index (χ3v) is 5.78. The van der Waals surface area contributed by atoms with Crippen LogP contribution in [0.25, 0.3) is 10.8 Å². The first-order valence-corrected chi connectivity index (χ1v) is 9.48. The lowest BCUT2D eigenvalue weighted by atomic mass is 10.0. The van der Waals surface area contributed by atoms with E-state index >= 15 is 0 Å². The molecular weight excluding hydrogens is 304 g/mol. The van der Waals surface area contributed by atoms with Gasteiger partial charge in [-0.25, -0.2) is 0 Å². The molecule has 0 spiro atoms. The van der Waals surface area contributed by atoms with Gasteiger partial charge in [-0.3, -0.25) is 0 Å². The average molecular weight is 328 g/mol. The van der Waals surface area contributed by atoms with Gasteiger partial charge < -0.3 is 9.29 Å². The van der Waals surface area contributed by atoms with E-state index in [4.69, 9.17) is 4.74 Å². The summed E-state index contributed by atoms with van der Waals surface area (Å²) < 4.78 is 18.1. The van der Waals surface area contributed by atoms with Gasteiger partial charge in [-0.15, -0.1) is 0 Å². The van der Waals surface area contributed by atoms with Crippen LogP contribution in [-0.2, 0) is 15.9 Å². The first-order valence-electron chi connectivity index (χ1n) is 8.16. The molecule has 0 N–H and O–H groups in total. The Morgan fingerprint density at radius 3 is 2.61 bits per heavy atom. The minimum atomic E-state index is -0.982. The van der Waals surface area contributed by atoms with E-state index in [1.165, 1.54) is 11.0 Å². The maximum atomic E-state index is 12.5. The molecule has 0 amide bonds. The highest BCUT2D eigenvalue weighted by Crippen LogP contribution is 2.38. The van der Waals surface area contributed by atoms with Crippen LogP contribution in [0.2, 0.25) is 0 Å². The summed E-state index contributed by atoms with van der Waals surface area (Å²) in [6, 6.07) is 14.2. The summed E-state index contributed by atoms with van der Waals surface area (Å²) in [7, 11) is 0. The van der Waals surface area contributed by atoms with Crippen LogP contribution in [0.15, 0.2) is 59.0 Å². The lowest BCUT2D eigenvalue weighted by molar-refractivity contribution is 0.320. The molecule has 2 nitrogen and oxygen atoms in total. The lowest BCUT2D eigenvalue weighted by Gasteiger charge is -2.10. The second kappa shape index (κ2) is 6.68. The molecule has 0 radical (unpaired) electrons. The van der Waals surface area contributed by atoms with E-state index in [-0.39, 0.29) is 5.60 Å². The summed E-state index contributed by atoms with van der Waals surface area (Å²) in [4.78, 5) is 0.902. The minimum Gasteiger partial charge on any atom is -0.611 e. The molecule has 0 aliphatic carbocycles. The fourth-order valence-electron chi connectivity index (χ4n) is 2.82. The zero-order chi connectivity index (χ0) is 16.4. The summed E-state index contributed by atoms with van der Waals surface area (Å²) in [6.07, 6.45) is 4.57. The van der Waals surface area contributed by atoms with Crippen LogP contribution in [-0.4, -0.2) is 22.0 Å². The average Bonchev–Trinajstić information content (AvgIpc) is 3.17.